The maximum atomic E-state index is 10.9. The molecule has 0 saturated heterocycles. The third-order valence-corrected chi connectivity index (χ3v) is 3.54. The lowest BCUT2D eigenvalue weighted by atomic mass is 10.2. The molecule has 2 aromatic rings. The van der Waals surface area contributed by atoms with E-state index in [0.717, 1.165) is 16.9 Å². The minimum absolute atomic E-state index is 0.209. The Kier molecular flexibility index (Phi) is 3.00. The number of hydrogen-bond donors (Lipinski definition) is 1. The third-order valence-electron chi connectivity index (χ3n) is 2.65. The fourth-order valence-electron chi connectivity index (χ4n) is 1.76. The number of fused-ring (bicyclic) bond motifs is 1. The molecule has 0 spiro atoms. The van der Waals surface area contributed by atoms with E-state index in [4.69, 9.17) is 19.3 Å². The lowest BCUT2D eigenvalue weighted by Crippen LogP contribution is -2.00. The van der Waals surface area contributed by atoms with Crippen LogP contribution in [0.5, 0.6) is 17.2 Å². The number of benzene rings is 1. The van der Waals surface area contributed by atoms with Crippen molar-refractivity contribution in [2.75, 3.05) is 6.79 Å². The van der Waals surface area contributed by atoms with Crippen LogP contribution in [0.2, 0.25) is 0 Å². The Morgan fingerprint density at radius 3 is 3.00 bits per heavy atom. The molecule has 5 nitrogen and oxygen atoms in total. The summed E-state index contributed by atoms with van der Waals surface area (Å²) in [5.74, 6) is 0.807. The number of carbonyl (C=O) groups is 1. The molecule has 0 unspecified atom stereocenters. The van der Waals surface area contributed by atoms with E-state index in [2.05, 4.69) is 0 Å². The molecular formula is C13H10O5S. The molecule has 1 aliphatic rings. The predicted molar refractivity (Wildman–Crippen MR) is 68.2 cm³/mol. The van der Waals surface area contributed by atoms with E-state index in [-0.39, 0.29) is 18.3 Å². The monoisotopic (exact) mass is 278 g/mol. The quantitative estimate of drug-likeness (QED) is 0.931. The smallest absolute Gasteiger partial charge is 0.349 e. The van der Waals surface area contributed by atoms with Crippen molar-refractivity contribution >= 4 is 17.3 Å². The first-order valence-corrected chi connectivity index (χ1v) is 6.44. The zero-order valence-electron chi connectivity index (χ0n) is 9.79. The summed E-state index contributed by atoms with van der Waals surface area (Å²) in [6.07, 6.45) is 0. The van der Waals surface area contributed by atoms with Gasteiger partial charge in [-0.1, -0.05) is 6.07 Å². The van der Waals surface area contributed by atoms with Gasteiger partial charge in [-0.2, -0.15) is 0 Å². The zero-order valence-corrected chi connectivity index (χ0v) is 10.6. The first-order chi connectivity index (χ1) is 9.24. The molecule has 0 bridgehead atoms. The van der Waals surface area contributed by atoms with E-state index in [9.17, 15) is 4.79 Å². The second-order valence-corrected chi connectivity index (χ2v) is 4.81. The maximum Gasteiger partial charge on any atom is 0.349 e. The molecule has 2 heterocycles. The first kappa shape index (κ1) is 11.9. The summed E-state index contributed by atoms with van der Waals surface area (Å²) in [6, 6.07) is 7.16. The Morgan fingerprint density at radius 1 is 1.32 bits per heavy atom. The first-order valence-electron chi connectivity index (χ1n) is 5.56. The van der Waals surface area contributed by atoms with E-state index in [0.29, 0.717) is 17.2 Å². The van der Waals surface area contributed by atoms with Gasteiger partial charge in [-0.15, -0.1) is 11.3 Å². The highest BCUT2D eigenvalue weighted by molar-refractivity contribution is 7.12. The number of rotatable bonds is 4. The van der Waals surface area contributed by atoms with Gasteiger partial charge in [0, 0.05) is 0 Å². The van der Waals surface area contributed by atoms with Gasteiger partial charge in [0.05, 0.1) is 0 Å². The fraction of sp³-hybridized carbons (Fsp3) is 0.154. The molecule has 0 atom stereocenters. The van der Waals surface area contributed by atoms with E-state index >= 15 is 0 Å². The number of thiophene rings is 1. The van der Waals surface area contributed by atoms with Crippen molar-refractivity contribution < 1.29 is 24.1 Å². The van der Waals surface area contributed by atoms with Gasteiger partial charge >= 0.3 is 5.97 Å². The van der Waals surface area contributed by atoms with Gasteiger partial charge < -0.3 is 19.3 Å². The average molecular weight is 278 g/mol. The molecule has 0 saturated carbocycles. The summed E-state index contributed by atoms with van der Waals surface area (Å²) >= 11 is 1.14. The van der Waals surface area contributed by atoms with Crippen LogP contribution in [0.15, 0.2) is 29.6 Å². The average Bonchev–Trinajstić information content (AvgIpc) is 3.04. The van der Waals surface area contributed by atoms with Crippen LogP contribution in [-0.4, -0.2) is 17.9 Å². The molecular weight excluding hydrogens is 268 g/mol. The second-order valence-electron chi connectivity index (χ2n) is 3.90. The summed E-state index contributed by atoms with van der Waals surface area (Å²) in [5, 5.41) is 10.7. The van der Waals surface area contributed by atoms with Gasteiger partial charge in [0.2, 0.25) is 6.79 Å². The number of carboxylic acids is 1. The van der Waals surface area contributed by atoms with Crippen molar-refractivity contribution in [3.63, 3.8) is 0 Å². The van der Waals surface area contributed by atoms with Gasteiger partial charge in [-0.3, -0.25) is 0 Å². The summed E-state index contributed by atoms with van der Waals surface area (Å²) < 4.78 is 16.0. The lowest BCUT2D eigenvalue weighted by Gasteiger charge is -2.06. The van der Waals surface area contributed by atoms with E-state index in [1.807, 2.05) is 18.2 Å². The van der Waals surface area contributed by atoms with Crippen molar-refractivity contribution in [2.45, 2.75) is 6.61 Å². The highest BCUT2D eigenvalue weighted by atomic mass is 32.1. The zero-order chi connectivity index (χ0) is 13.2. The molecule has 3 rings (SSSR count). The summed E-state index contributed by atoms with van der Waals surface area (Å²) in [5.41, 5.74) is 0.895. The van der Waals surface area contributed by atoms with Gasteiger partial charge in [-0.25, -0.2) is 4.79 Å². The van der Waals surface area contributed by atoms with Gasteiger partial charge in [0.25, 0.3) is 0 Å². The van der Waals surface area contributed by atoms with Crippen molar-refractivity contribution in [1.82, 2.24) is 0 Å². The Hall–Kier alpha value is -2.21. The Balaban J connectivity index is 1.72. The van der Waals surface area contributed by atoms with Crippen molar-refractivity contribution in [3.8, 4) is 17.2 Å². The van der Waals surface area contributed by atoms with E-state index in [1.54, 1.807) is 11.4 Å². The highest BCUT2D eigenvalue weighted by Crippen LogP contribution is 2.33. The highest BCUT2D eigenvalue weighted by Gasteiger charge is 2.15. The molecule has 1 aromatic carbocycles. The molecule has 19 heavy (non-hydrogen) atoms. The molecule has 1 N–H and O–H groups in total. The molecule has 1 aromatic heterocycles. The fourth-order valence-corrected chi connectivity index (χ4v) is 2.43. The van der Waals surface area contributed by atoms with Crippen LogP contribution in [0.25, 0.3) is 0 Å². The second kappa shape index (κ2) is 4.81. The van der Waals surface area contributed by atoms with Gasteiger partial charge in [-0.05, 0) is 29.1 Å². The van der Waals surface area contributed by atoms with Crippen LogP contribution >= 0.6 is 11.3 Å². The van der Waals surface area contributed by atoms with Gasteiger partial charge in [0.15, 0.2) is 16.4 Å². The van der Waals surface area contributed by atoms with Crippen molar-refractivity contribution in [1.29, 1.82) is 0 Å². The van der Waals surface area contributed by atoms with Crippen LogP contribution in [0.1, 0.15) is 15.2 Å². The third kappa shape index (κ3) is 2.34. The number of ether oxygens (including phenoxy) is 3. The predicted octanol–water partition coefficient (Wildman–Crippen LogP) is 2.75. The number of hydrogen-bond acceptors (Lipinski definition) is 5. The topological polar surface area (TPSA) is 65.0 Å². The summed E-state index contributed by atoms with van der Waals surface area (Å²) in [6.45, 7) is 0.515. The maximum absolute atomic E-state index is 10.9. The molecule has 1 aliphatic heterocycles. The van der Waals surface area contributed by atoms with E-state index in [1.165, 1.54) is 0 Å². The SMILES string of the molecule is O=C(O)c1sccc1OCc1ccc2c(c1)OCO2. The standard InChI is InChI=1S/C13H10O5S/c14-13(15)12-10(3-4-19-12)16-6-8-1-2-9-11(5-8)18-7-17-9/h1-5H,6-7H2,(H,14,15). The Morgan fingerprint density at radius 2 is 2.16 bits per heavy atom. The van der Waals surface area contributed by atoms with Crippen molar-refractivity contribution in [3.05, 3.63) is 40.1 Å². The van der Waals surface area contributed by atoms with Gasteiger partial charge in [0.1, 0.15) is 12.4 Å². The summed E-state index contributed by atoms with van der Waals surface area (Å²) in [4.78, 5) is 11.2. The van der Waals surface area contributed by atoms with Crippen LogP contribution in [-0.2, 0) is 6.61 Å². The largest absolute Gasteiger partial charge is 0.487 e. The number of aromatic carboxylic acids is 1. The molecule has 0 fully saturated rings. The molecule has 6 heteroatoms. The Bertz CT molecular complexity index is 619. The van der Waals surface area contributed by atoms with Crippen molar-refractivity contribution in [2.24, 2.45) is 0 Å². The minimum Gasteiger partial charge on any atom is -0.487 e. The van der Waals surface area contributed by atoms with E-state index < -0.39 is 5.97 Å². The van der Waals surface area contributed by atoms with Crippen LogP contribution in [0.3, 0.4) is 0 Å². The molecule has 98 valence electrons. The molecule has 0 amide bonds. The minimum atomic E-state index is -0.976. The summed E-state index contributed by atoms with van der Waals surface area (Å²) in [7, 11) is 0. The normalized spacial score (nSPS) is 12.4. The lowest BCUT2D eigenvalue weighted by molar-refractivity contribution is 0.0697. The molecule has 0 aliphatic carbocycles. The van der Waals surface area contributed by atoms with Crippen LogP contribution in [0.4, 0.5) is 0 Å². The van der Waals surface area contributed by atoms with Crippen LogP contribution in [0, 0.1) is 0 Å². The molecule has 0 radical (unpaired) electrons. The van der Waals surface area contributed by atoms with Crippen LogP contribution < -0.4 is 14.2 Å². The number of carboxylic acid groups (broad SMARTS) is 1. The Labute approximate surface area is 113 Å².